The minimum atomic E-state index is -0.456. The van der Waals surface area contributed by atoms with Crippen LogP contribution in [-0.4, -0.2) is 12.9 Å². The number of ether oxygens (including phenoxy) is 1. The zero-order chi connectivity index (χ0) is 11.3. The smallest absolute Gasteiger partial charge is 0.166 e. The number of hydrogen-bond donors (Lipinski definition) is 0. The molecule has 0 aliphatic heterocycles. The van der Waals surface area contributed by atoms with E-state index in [9.17, 15) is 4.79 Å². The summed E-state index contributed by atoms with van der Waals surface area (Å²) in [5, 5.41) is 0.663. The van der Waals surface area contributed by atoms with Gasteiger partial charge in [0.15, 0.2) is 5.78 Å². The summed E-state index contributed by atoms with van der Waals surface area (Å²) in [7, 11) is 1.55. The Bertz CT molecular complexity index is 319. The molecule has 0 aromatic heterocycles. The molecule has 15 heavy (non-hydrogen) atoms. The molecule has 1 unspecified atom stereocenters. The Morgan fingerprint density at radius 3 is 2.47 bits per heavy atom. The summed E-state index contributed by atoms with van der Waals surface area (Å²) in [6, 6.07) is 7.18. The Labute approximate surface area is 95.2 Å². The standard InChI is InChI=1S/C12H15ClO2/c1-3-4-11(14)12(15-2)9-5-7-10(13)8-6-9/h5-8,12H,3-4H2,1-2H3. The number of rotatable bonds is 5. The zero-order valence-electron chi connectivity index (χ0n) is 9.00. The summed E-state index contributed by atoms with van der Waals surface area (Å²) in [5.41, 5.74) is 0.861. The molecular weight excluding hydrogens is 212 g/mol. The van der Waals surface area contributed by atoms with E-state index in [1.54, 1.807) is 19.2 Å². The molecule has 3 heteroatoms. The maximum atomic E-state index is 11.7. The van der Waals surface area contributed by atoms with E-state index < -0.39 is 6.10 Å². The first-order valence-corrected chi connectivity index (χ1v) is 5.37. The lowest BCUT2D eigenvalue weighted by Crippen LogP contribution is -2.13. The van der Waals surface area contributed by atoms with Gasteiger partial charge in [-0.3, -0.25) is 4.79 Å². The fourth-order valence-corrected chi connectivity index (χ4v) is 1.59. The lowest BCUT2D eigenvalue weighted by atomic mass is 10.0. The number of carbonyl (C=O) groups is 1. The van der Waals surface area contributed by atoms with Crippen molar-refractivity contribution < 1.29 is 9.53 Å². The van der Waals surface area contributed by atoms with Crippen molar-refractivity contribution in [2.75, 3.05) is 7.11 Å². The Morgan fingerprint density at radius 2 is 2.00 bits per heavy atom. The Balaban J connectivity index is 2.82. The Hall–Kier alpha value is -0.860. The molecule has 0 heterocycles. The normalized spacial score (nSPS) is 12.5. The average molecular weight is 227 g/mol. The van der Waals surface area contributed by atoms with Crippen LogP contribution in [0, 0.1) is 0 Å². The number of Topliss-reactive ketones (excluding diaryl/α,β-unsaturated/α-hetero) is 1. The van der Waals surface area contributed by atoms with E-state index in [1.165, 1.54) is 0 Å². The van der Waals surface area contributed by atoms with Gasteiger partial charge in [0.05, 0.1) is 0 Å². The van der Waals surface area contributed by atoms with Crippen LogP contribution in [0.25, 0.3) is 0 Å². The summed E-state index contributed by atoms with van der Waals surface area (Å²) in [4.78, 5) is 11.7. The van der Waals surface area contributed by atoms with E-state index in [-0.39, 0.29) is 5.78 Å². The summed E-state index contributed by atoms with van der Waals surface area (Å²) < 4.78 is 5.20. The molecule has 0 spiro atoms. The van der Waals surface area contributed by atoms with E-state index in [0.717, 1.165) is 12.0 Å². The zero-order valence-corrected chi connectivity index (χ0v) is 9.75. The van der Waals surface area contributed by atoms with E-state index >= 15 is 0 Å². The highest BCUT2D eigenvalue weighted by Crippen LogP contribution is 2.21. The van der Waals surface area contributed by atoms with Crippen LogP contribution in [0.2, 0.25) is 5.02 Å². The third-order valence-electron chi connectivity index (χ3n) is 2.20. The SMILES string of the molecule is CCCC(=O)C(OC)c1ccc(Cl)cc1. The third kappa shape index (κ3) is 3.33. The molecule has 0 aliphatic carbocycles. The average Bonchev–Trinajstić information content (AvgIpc) is 2.22. The monoisotopic (exact) mass is 226 g/mol. The fourth-order valence-electron chi connectivity index (χ4n) is 1.47. The predicted molar refractivity (Wildman–Crippen MR) is 61.1 cm³/mol. The number of carbonyl (C=O) groups excluding carboxylic acids is 1. The van der Waals surface area contributed by atoms with E-state index in [2.05, 4.69) is 0 Å². The van der Waals surface area contributed by atoms with Gasteiger partial charge in [-0.2, -0.15) is 0 Å². The van der Waals surface area contributed by atoms with Crippen LogP contribution in [0.1, 0.15) is 31.4 Å². The van der Waals surface area contributed by atoms with E-state index in [4.69, 9.17) is 16.3 Å². The van der Waals surface area contributed by atoms with Gasteiger partial charge < -0.3 is 4.74 Å². The molecule has 1 aromatic carbocycles. The van der Waals surface area contributed by atoms with Crippen molar-refractivity contribution in [1.82, 2.24) is 0 Å². The maximum absolute atomic E-state index is 11.7. The van der Waals surface area contributed by atoms with Crippen LogP contribution >= 0.6 is 11.6 Å². The maximum Gasteiger partial charge on any atom is 0.166 e. The van der Waals surface area contributed by atoms with Crippen LogP contribution in [0.15, 0.2) is 24.3 Å². The quantitative estimate of drug-likeness (QED) is 0.769. The van der Waals surface area contributed by atoms with Gasteiger partial charge in [-0.15, -0.1) is 0 Å². The topological polar surface area (TPSA) is 26.3 Å². The second-order valence-corrected chi connectivity index (χ2v) is 3.82. The molecule has 82 valence electrons. The first kappa shape index (κ1) is 12.2. The number of benzene rings is 1. The van der Waals surface area contributed by atoms with E-state index in [1.807, 2.05) is 19.1 Å². The Morgan fingerprint density at radius 1 is 1.40 bits per heavy atom. The van der Waals surface area contributed by atoms with Gasteiger partial charge in [0.25, 0.3) is 0 Å². The fraction of sp³-hybridized carbons (Fsp3) is 0.417. The molecule has 0 radical (unpaired) electrons. The van der Waals surface area contributed by atoms with Crippen molar-refractivity contribution in [2.45, 2.75) is 25.9 Å². The molecule has 1 aromatic rings. The molecule has 0 bridgehead atoms. The molecule has 0 amide bonds. The van der Waals surface area contributed by atoms with Crippen LogP contribution in [0.4, 0.5) is 0 Å². The molecule has 0 aliphatic rings. The van der Waals surface area contributed by atoms with Crippen molar-refractivity contribution in [3.05, 3.63) is 34.9 Å². The largest absolute Gasteiger partial charge is 0.369 e. The molecule has 0 saturated carbocycles. The van der Waals surface area contributed by atoms with Gasteiger partial charge in [0, 0.05) is 18.6 Å². The molecule has 2 nitrogen and oxygen atoms in total. The van der Waals surface area contributed by atoms with Gasteiger partial charge in [0.2, 0.25) is 0 Å². The molecule has 0 N–H and O–H groups in total. The summed E-state index contributed by atoms with van der Waals surface area (Å²) in [6.07, 6.45) is 0.926. The Kier molecular flexibility index (Phi) is 4.79. The van der Waals surface area contributed by atoms with Gasteiger partial charge in [0.1, 0.15) is 6.10 Å². The second-order valence-electron chi connectivity index (χ2n) is 3.38. The van der Waals surface area contributed by atoms with Crippen LogP contribution in [0.5, 0.6) is 0 Å². The first-order chi connectivity index (χ1) is 7.19. The molecule has 1 atom stereocenters. The summed E-state index contributed by atoms with van der Waals surface area (Å²) in [5.74, 6) is 0.113. The summed E-state index contributed by atoms with van der Waals surface area (Å²) in [6.45, 7) is 1.98. The van der Waals surface area contributed by atoms with Crippen LogP contribution in [0.3, 0.4) is 0 Å². The van der Waals surface area contributed by atoms with Crippen LogP contribution in [-0.2, 0) is 9.53 Å². The third-order valence-corrected chi connectivity index (χ3v) is 2.45. The summed E-state index contributed by atoms with van der Waals surface area (Å²) >= 11 is 5.77. The highest BCUT2D eigenvalue weighted by molar-refractivity contribution is 6.30. The number of ketones is 1. The second kappa shape index (κ2) is 5.89. The molecule has 1 rings (SSSR count). The molecule has 0 fully saturated rings. The van der Waals surface area contributed by atoms with Crippen LogP contribution < -0.4 is 0 Å². The molecule has 0 saturated heterocycles. The minimum absolute atomic E-state index is 0.113. The number of halogens is 1. The minimum Gasteiger partial charge on any atom is -0.369 e. The lowest BCUT2D eigenvalue weighted by molar-refractivity contribution is -0.129. The number of hydrogen-bond acceptors (Lipinski definition) is 2. The van der Waals surface area contributed by atoms with Crippen molar-refractivity contribution >= 4 is 17.4 Å². The van der Waals surface area contributed by atoms with Crippen molar-refractivity contribution in [2.24, 2.45) is 0 Å². The van der Waals surface area contributed by atoms with Gasteiger partial charge in [-0.05, 0) is 24.1 Å². The van der Waals surface area contributed by atoms with Gasteiger partial charge in [-0.25, -0.2) is 0 Å². The predicted octanol–water partition coefficient (Wildman–Crippen LogP) is 3.40. The van der Waals surface area contributed by atoms with E-state index in [0.29, 0.717) is 11.4 Å². The number of methoxy groups -OCH3 is 1. The van der Waals surface area contributed by atoms with Crippen molar-refractivity contribution in [1.29, 1.82) is 0 Å². The first-order valence-electron chi connectivity index (χ1n) is 5.00. The van der Waals surface area contributed by atoms with Crippen molar-refractivity contribution in [3.63, 3.8) is 0 Å². The van der Waals surface area contributed by atoms with Gasteiger partial charge in [-0.1, -0.05) is 30.7 Å². The highest BCUT2D eigenvalue weighted by atomic mass is 35.5. The van der Waals surface area contributed by atoms with Gasteiger partial charge >= 0.3 is 0 Å². The molecular formula is C12H15ClO2. The lowest BCUT2D eigenvalue weighted by Gasteiger charge is -2.14. The highest BCUT2D eigenvalue weighted by Gasteiger charge is 2.18. The van der Waals surface area contributed by atoms with Crippen molar-refractivity contribution in [3.8, 4) is 0 Å².